The number of halogens is 3. The minimum Gasteiger partial charge on any atom is -0.440 e. The van der Waals surface area contributed by atoms with Gasteiger partial charge in [-0.1, -0.05) is 13.8 Å². The van der Waals surface area contributed by atoms with Crippen molar-refractivity contribution in [1.82, 2.24) is 4.98 Å². The predicted octanol–water partition coefficient (Wildman–Crippen LogP) is 4.62. The molecule has 0 fully saturated rings. The number of anilines is 1. The quantitative estimate of drug-likeness (QED) is 0.711. The molecule has 0 aliphatic carbocycles. The van der Waals surface area contributed by atoms with Gasteiger partial charge >= 0.3 is 0 Å². The number of rotatable bonds is 3. The molecule has 3 aromatic rings. The molecule has 0 aliphatic heterocycles. The largest absolute Gasteiger partial charge is 0.440 e. The van der Waals surface area contributed by atoms with Crippen LogP contribution in [0.3, 0.4) is 0 Å². The van der Waals surface area contributed by atoms with Crippen LogP contribution >= 0.6 is 0 Å². The topological polar surface area (TPSA) is 55.1 Å². The lowest BCUT2D eigenvalue weighted by Gasteiger charge is -2.06. The molecule has 0 spiro atoms. The summed E-state index contributed by atoms with van der Waals surface area (Å²) in [4.78, 5) is 16.4. The van der Waals surface area contributed by atoms with E-state index in [2.05, 4.69) is 10.3 Å². The number of fused-ring (bicyclic) bond motifs is 1. The van der Waals surface area contributed by atoms with E-state index in [1.165, 1.54) is 6.07 Å². The van der Waals surface area contributed by atoms with Crippen LogP contribution in [0.25, 0.3) is 11.1 Å². The first-order valence-corrected chi connectivity index (χ1v) is 7.22. The van der Waals surface area contributed by atoms with Crippen LogP contribution in [-0.2, 0) is 0 Å². The number of nitrogens with zero attached hydrogens (tertiary/aromatic N) is 1. The van der Waals surface area contributed by atoms with E-state index in [4.69, 9.17) is 4.42 Å². The van der Waals surface area contributed by atoms with E-state index in [0.717, 1.165) is 6.07 Å². The minimum absolute atomic E-state index is 0.103. The van der Waals surface area contributed by atoms with Gasteiger partial charge in [-0.2, -0.15) is 0 Å². The second kappa shape index (κ2) is 5.99. The molecule has 0 atom stereocenters. The van der Waals surface area contributed by atoms with Gasteiger partial charge in [-0.15, -0.1) is 0 Å². The van der Waals surface area contributed by atoms with E-state index in [9.17, 15) is 18.0 Å². The summed E-state index contributed by atoms with van der Waals surface area (Å²) < 4.78 is 45.4. The third-order valence-corrected chi connectivity index (χ3v) is 3.44. The summed E-state index contributed by atoms with van der Waals surface area (Å²) >= 11 is 0. The van der Waals surface area contributed by atoms with Gasteiger partial charge in [0.25, 0.3) is 5.91 Å². The first-order chi connectivity index (χ1) is 11.4. The van der Waals surface area contributed by atoms with Gasteiger partial charge in [0.15, 0.2) is 28.9 Å². The molecule has 4 nitrogen and oxygen atoms in total. The number of oxazole rings is 1. The van der Waals surface area contributed by atoms with Crippen molar-refractivity contribution >= 4 is 22.7 Å². The summed E-state index contributed by atoms with van der Waals surface area (Å²) in [5.41, 5.74) is 0.815. The van der Waals surface area contributed by atoms with Crippen molar-refractivity contribution in [3.05, 3.63) is 59.2 Å². The summed E-state index contributed by atoms with van der Waals surface area (Å²) in [6, 6.07) is 6.31. The third kappa shape index (κ3) is 2.84. The summed E-state index contributed by atoms with van der Waals surface area (Å²) in [6.45, 7) is 3.86. The highest BCUT2D eigenvalue weighted by Crippen LogP contribution is 2.24. The zero-order chi connectivity index (χ0) is 17.4. The van der Waals surface area contributed by atoms with Crippen molar-refractivity contribution < 1.29 is 22.4 Å². The maximum atomic E-state index is 13.7. The van der Waals surface area contributed by atoms with Crippen molar-refractivity contribution in [2.45, 2.75) is 19.8 Å². The molecular formula is C17H13F3N2O2. The van der Waals surface area contributed by atoms with E-state index < -0.39 is 28.9 Å². The Morgan fingerprint density at radius 1 is 1.12 bits per heavy atom. The van der Waals surface area contributed by atoms with Crippen LogP contribution in [0.4, 0.5) is 18.9 Å². The first-order valence-electron chi connectivity index (χ1n) is 7.22. The van der Waals surface area contributed by atoms with Crippen LogP contribution in [0, 0.1) is 17.5 Å². The minimum atomic E-state index is -1.69. The Balaban J connectivity index is 1.89. The average Bonchev–Trinajstić information content (AvgIpc) is 2.96. The molecule has 0 unspecified atom stereocenters. The number of hydrogen-bond acceptors (Lipinski definition) is 3. The normalized spacial score (nSPS) is 11.2. The molecule has 7 heteroatoms. The van der Waals surface area contributed by atoms with Gasteiger partial charge in [-0.25, -0.2) is 18.2 Å². The Morgan fingerprint density at radius 3 is 2.58 bits per heavy atom. The van der Waals surface area contributed by atoms with Crippen molar-refractivity contribution in [1.29, 1.82) is 0 Å². The highest BCUT2D eigenvalue weighted by molar-refractivity contribution is 6.05. The number of hydrogen-bond donors (Lipinski definition) is 1. The van der Waals surface area contributed by atoms with E-state index in [-0.39, 0.29) is 5.92 Å². The smallest absolute Gasteiger partial charge is 0.258 e. The Hall–Kier alpha value is -2.83. The van der Waals surface area contributed by atoms with Crippen molar-refractivity contribution in [3.8, 4) is 0 Å². The van der Waals surface area contributed by atoms with E-state index >= 15 is 0 Å². The monoisotopic (exact) mass is 334 g/mol. The molecule has 124 valence electrons. The van der Waals surface area contributed by atoms with Crippen LogP contribution in [0.15, 0.2) is 34.7 Å². The molecule has 24 heavy (non-hydrogen) atoms. The van der Waals surface area contributed by atoms with Crippen molar-refractivity contribution in [3.63, 3.8) is 0 Å². The third-order valence-electron chi connectivity index (χ3n) is 3.44. The Bertz CT molecular complexity index is 935. The lowest BCUT2D eigenvalue weighted by atomic mass is 10.1. The molecule has 0 saturated heterocycles. The number of carbonyl (C=O) groups is 1. The van der Waals surface area contributed by atoms with Crippen LogP contribution in [0.5, 0.6) is 0 Å². The summed E-state index contributed by atoms with van der Waals surface area (Å²) in [5, 5.41) is 2.42. The van der Waals surface area contributed by atoms with E-state index in [1.54, 1.807) is 12.1 Å². The summed E-state index contributed by atoms with van der Waals surface area (Å²) in [6.07, 6.45) is 0. The van der Waals surface area contributed by atoms with E-state index in [0.29, 0.717) is 28.7 Å². The van der Waals surface area contributed by atoms with Crippen LogP contribution in [0.1, 0.15) is 36.0 Å². The van der Waals surface area contributed by atoms with Crippen molar-refractivity contribution in [2.75, 3.05) is 5.32 Å². The highest BCUT2D eigenvalue weighted by atomic mass is 19.2. The molecular weight excluding hydrogens is 321 g/mol. The number of amides is 1. The standard InChI is InChI=1S/C17H13F3N2O2/c1-8(2)17-22-12-6-3-9(7-13(12)24-17)21-16(23)10-4-5-11(18)15(20)14(10)19/h3-8H,1-2H3,(H,21,23). The van der Waals surface area contributed by atoms with Gasteiger partial charge in [0.2, 0.25) is 0 Å². The van der Waals surface area contributed by atoms with Crippen molar-refractivity contribution in [2.24, 2.45) is 0 Å². The van der Waals surface area contributed by atoms with E-state index in [1.807, 2.05) is 13.8 Å². The number of nitrogens with one attached hydrogen (secondary N) is 1. The SMILES string of the molecule is CC(C)c1nc2ccc(NC(=O)c3ccc(F)c(F)c3F)cc2o1. The maximum Gasteiger partial charge on any atom is 0.258 e. The molecule has 0 bridgehead atoms. The van der Waals surface area contributed by atoms with Gasteiger partial charge in [0, 0.05) is 17.7 Å². The first kappa shape index (κ1) is 16.0. The van der Waals surface area contributed by atoms with Gasteiger partial charge in [-0.3, -0.25) is 4.79 Å². The second-order valence-corrected chi connectivity index (χ2v) is 5.57. The van der Waals surface area contributed by atoms with Crippen LogP contribution in [-0.4, -0.2) is 10.9 Å². The molecule has 0 aliphatic rings. The molecule has 1 N–H and O–H groups in total. The average molecular weight is 334 g/mol. The zero-order valence-electron chi connectivity index (χ0n) is 12.9. The zero-order valence-corrected chi connectivity index (χ0v) is 12.9. The molecule has 3 rings (SSSR count). The lowest BCUT2D eigenvalue weighted by molar-refractivity contribution is 0.102. The van der Waals surface area contributed by atoms with Gasteiger partial charge in [-0.05, 0) is 24.3 Å². The molecule has 2 aromatic carbocycles. The molecule has 1 amide bonds. The predicted molar refractivity (Wildman–Crippen MR) is 82.4 cm³/mol. The lowest BCUT2D eigenvalue weighted by Crippen LogP contribution is -2.15. The Morgan fingerprint density at radius 2 is 1.88 bits per heavy atom. The fourth-order valence-electron chi connectivity index (χ4n) is 2.17. The van der Waals surface area contributed by atoms with Gasteiger partial charge < -0.3 is 9.73 Å². The summed E-state index contributed by atoms with van der Waals surface area (Å²) in [7, 11) is 0. The fraction of sp³-hybridized carbons (Fsp3) is 0.176. The summed E-state index contributed by atoms with van der Waals surface area (Å²) in [5.74, 6) is -4.81. The number of benzene rings is 2. The molecule has 1 aromatic heterocycles. The molecule has 1 heterocycles. The Kier molecular flexibility index (Phi) is 4.01. The van der Waals surface area contributed by atoms with Gasteiger partial charge in [0.05, 0.1) is 5.56 Å². The van der Waals surface area contributed by atoms with Crippen LogP contribution in [0.2, 0.25) is 0 Å². The second-order valence-electron chi connectivity index (χ2n) is 5.57. The van der Waals surface area contributed by atoms with Crippen LogP contribution < -0.4 is 5.32 Å². The maximum absolute atomic E-state index is 13.7. The number of carbonyl (C=O) groups excluding carboxylic acids is 1. The Labute approximate surface area is 135 Å². The highest BCUT2D eigenvalue weighted by Gasteiger charge is 2.19. The number of aromatic nitrogens is 1. The molecule has 0 saturated carbocycles. The molecule has 0 radical (unpaired) electrons. The fourth-order valence-corrected chi connectivity index (χ4v) is 2.17. The van der Waals surface area contributed by atoms with Gasteiger partial charge in [0.1, 0.15) is 5.52 Å².